The molecule has 0 aliphatic heterocycles. The van der Waals surface area contributed by atoms with Crippen LogP contribution in [0.1, 0.15) is 41.6 Å². The maximum Gasteiger partial charge on any atom is 0.172 e. The number of hydrogen-bond acceptors (Lipinski definition) is 2. The topological polar surface area (TPSA) is 17.1 Å². The second-order valence-corrected chi connectivity index (χ2v) is 5.80. The number of hydrogen-bond donors (Lipinski definition) is 0. The van der Waals surface area contributed by atoms with E-state index in [9.17, 15) is 4.79 Å². The molecule has 1 aliphatic rings. The molecule has 0 bridgehead atoms. The Morgan fingerprint density at radius 1 is 1.25 bits per heavy atom. The van der Waals surface area contributed by atoms with Gasteiger partial charge in [0.2, 0.25) is 0 Å². The Bertz CT molecular complexity index is 350. The van der Waals surface area contributed by atoms with Gasteiger partial charge in [-0.3, -0.25) is 4.79 Å². The summed E-state index contributed by atoms with van der Waals surface area (Å²) in [6.07, 6.45) is 5.28. The predicted molar refractivity (Wildman–Crippen MR) is 70.2 cm³/mol. The zero-order valence-electron chi connectivity index (χ0n) is 9.74. The van der Waals surface area contributed by atoms with E-state index >= 15 is 0 Å². The zero-order valence-corrected chi connectivity index (χ0v) is 10.6. The number of carbonyl (C=O) groups is 1. The molecule has 0 unspecified atom stereocenters. The van der Waals surface area contributed by atoms with Crippen molar-refractivity contribution in [3.63, 3.8) is 0 Å². The van der Waals surface area contributed by atoms with Gasteiger partial charge in [0.15, 0.2) is 5.78 Å². The number of Topliss-reactive ketones (excluding diaryl/α,β-unsaturated/α-hetero) is 1. The molecule has 0 heterocycles. The van der Waals surface area contributed by atoms with Crippen LogP contribution in [0, 0.1) is 6.92 Å². The van der Waals surface area contributed by atoms with Crippen molar-refractivity contribution in [2.75, 3.05) is 5.75 Å². The lowest BCUT2D eigenvalue weighted by atomic mass is 10.1. The van der Waals surface area contributed by atoms with Crippen molar-refractivity contribution in [1.29, 1.82) is 0 Å². The number of rotatable bonds is 4. The van der Waals surface area contributed by atoms with Crippen LogP contribution in [0.4, 0.5) is 0 Å². The minimum Gasteiger partial charge on any atom is -0.293 e. The zero-order chi connectivity index (χ0) is 11.4. The second kappa shape index (κ2) is 5.53. The van der Waals surface area contributed by atoms with E-state index < -0.39 is 0 Å². The molecule has 0 amide bonds. The summed E-state index contributed by atoms with van der Waals surface area (Å²) in [5.41, 5.74) is 2.07. The highest BCUT2D eigenvalue weighted by atomic mass is 32.2. The summed E-state index contributed by atoms with van der Waals surface area (Å²) in [5, 5.41) is 0.731. The fourth-order valence-corrected chi connectivity index (χ4v) is 3.29. The average Bonchev–Trinajstić information content (AvgIpc) is 2.80. The standard InChI is InChI=1S/C14H18OS/c1-11-6-8-12(9-7-11)14(15)10-16-13-4-2-3-5-13/h6-9,13H,2-5,10H2,1H3. The summed E-state index contributed by atoms with van der Waals surface area (Å²) in [5.74, 6) is 0.921. The van der Waals surface area contributed by atoms with E-state index in [1.807, 2.05) is 43.0 Å². The highest BCUT2D eigenvalue weighted by Gasteiger charge is 2.17. The van der Waals surface area contributed by atoms with Crippen LogP contribution in [0.25, 0.3) is 0 Å². The van der Waals surface area contributed by atoms with Gasteiger partial charge in [-0.15, -0.1) is 0 Å². The summed E-state index contributed by atoms with van der Waals surface area (Å²) < 4.78 is 0. The molecule has 1 aliphatic carbocycles. The fraction of sp³-hybridized carbons (Fsp3) is 0.500. The van der Waals surface area contributed by atoms with Crippen molar-refractivity contribution in [1.82, 2.24) is 0 Å². The van der Waals surface area contributed by atoms with Crippen molar-refractivity contribution in [3.05, 3.63) is 35.4 Å². The van der Waals surface area contributed by atoms with Gasteiger partial charge in [-0.2, -0.15) is 11.8 Å². The highest BCUT2D eigenvalue weighted by molar-refractivity contribution is 8.00. The lowest BCUT2D eigenvalue weighted by Crippen LogP contribution is -2.06. The SMILES string of the molecule is Cc1ccc(C(=O)CSC2CCCC2)cc1. The van der Waals surface area contributed by atoms with Crippen LogP contribution >= 0.6 is 11.8 Å². The summed E-state index contributed by atoms with van der Waals surface area (Å²) in [7, 11) is 0. The normalized spacial score (nSPS) is 16.6. The van der Waals surface area contributed by atoms with Crippen molar-refractivity contribution in [2.24, 2.45) is 0 Å². The Balaban J connectivity index is 1.85. The van der Waals surface area contributed by atoms with Gasteiger partial charge in [-0.1, -0.05) is 42.7 Å². The van der Waals surface area contributed by atoms with Crippen LogP contribution in [0.3, 0.4) is 0 Å². The summed E-state index contributed by atoms with van der Waals surface area (Å²) >= 11 is 1.84. The molecule has 1 aromatic carbocycles. The minimum atomic E-state index is 0.275. The van der Waals surface area contributed by atoms with Crippen LogP contribution in [0.15, 0.2) is 24.3 Å². The number of thioether (sulfide) groups is 1. The van der Waals surface area contributed by atoms with Crippen molar-refractivity contribution < 1.29 is 4.79 Å². The van der Waals surface area contributed by atoms with Gasteiger partial charge in [0.05, 0.1) is 5.75 Å². The lowest BCUT2D eigenvalue weighted by Gasteiger charge is -2.07. The number of carbonyl (C=O) groups excluding carboxylic acids is 1. The lowest BCUT2D eigenvalue weighted by molar-refractivity contribution is 0.102. The van der Waals surface area contributed by atoms with Gasteiger partial charge < -0.3 is 0 Å². The first-order chi connectivity index (χ1) is 7.75. The molecule has 2 rings (SSSR count). The highest BCUT2D eigenvalue weighted by Crippen LogP contribution is 2.29. The van der Waals surface area contributed by atoms with E-state index in [4.69, 9.17) is 0 Å². The quantitative estimate of drug-likeness (QED) is 0.736. The number of ketones is 1. The van der Waals surface area contributed by atoms with Crippen molar-refractivity contribution >= 4 is 17.5 Å². The Morgan fingerprint density at radius 3 is 2.50 bits per heavy atom. The molecular weight excluding hydrogens is 216 g/mol. The smallest absolute Gasteiger partial charge is 0.172 e. The molecular formula is C14H18OS. The average molecular weight is 234 g/mol. The first kappa shape index (κ1) is 11.7. The van der Waals surface area contributed by atoms with Crippen LogP contribution in [0.5, 0.6) is 0 Å². The molecule has 0 aromatic heterocycles. The molecule has 1 saturated carbocycles. The molecule has 0 radical (unpaired) electrons. The van der Waals surface area contributed by atoms with Crippen molar-refractivity contribution in [3.8, 4) is 0 Å². The first-order valence-corrected chi connectivity index (χ1v) is 7.02. The molecule has 0 spiro atoms. The Hall–Kier alpha value is -0.760. The Kier molecular flexibility index (Phi) is 4.05. The van der Waals surface area contributed by atoms with Crippen LogP contribution in [-0.4, -0.2) is 16.8 Å². The Labute approximate surface area is 102 Å². The van der Waals surface area contributed by atoms with Crippen LogP contribution in [-0.2, 0) is 0 Å². The molecule has 1 fully saturated rings. The van der Waals surface area contributed by atoms with E-state index in [1.165, 1.54) is 31.2 Å². The van der Waals surface area contributed by atoms with E-state index in [2.05, 4.69) is 0 Å². The number of aryl methyl sites for hydroxylation is 1. The first-order valence-electron chi connectivity index (χ1n) is 5.97. The van der Waals surface area contributed by atoms with Crippen LogP contribution in [0.2, 0.25) is 0 Å². The molecule has 2 heteroatoms. The minimum absolute atomic E-state index is 0.275. The van der Waals surface area contributed by atoms with Crippen molar-refractivity contribution in [2.45, 2.75) is 37.9 Å². The second-order valence-electron chi connectivity index (χ2n) is 4.51. The van der Waals surface area contributed by atoms with Gasteiger partial charge in [-0.05, 0) is 19.8 Å². The third-order valence-corrected chi connectivity index (χ3v) is 4.50. The van der Waals surface area contributed by atoms with Crippen LogP contribution < -0.4 is 0 Å². The third-order valence-electron chi connectivity index (χ3n) is 3.13. The van der Waals surface area contributed by atoms with Gasteiger partial charge >= 0.3 is 0 Å². The fourth-order valence-electron chi connectivity index (χ4n) is 2.07. The monoisotopic (exact) mass is 234 g/mol. The molecule has 1 aromatic rings. The van der Waals surface area contributed by atoms with E-state index in [1.54, 1.807) is 0 Å². The summed E-state index contributed by atoms with van der Waals surface area (Å²) in [6, 6.07) is 7.89. The maximum atomic E-state index is 11.9. The molecule has 86 valence electrons. The molecule has 0 saturated heterocycles. The maximum absolute atomic E-state index is 11.9. The molecule has 1 nitrogen and oxygen atoms in total. The van der Waals surface area contributed by atoms with E-state index in [0.29, 0.717) is 5.75 Å². The third kappa shape index (κ3) is 3.11. The molecule has 16 heavy (non-hydrogen) atoms. The van der Waals surface area contributed by atoms with Gasteiger partial charge in [0, 0.05) is 10.8 Å². The van der Waals surface area contributed by atoms with Gasteiger partial charge in [0.1, 0.15) is 0 Å². The Morgan fingerprint density at radius 2 is 1.88 bits per heavy atom. The summed E-state index contributed by atoms with van der Waals surface area (Å²) in [4.78, 5) is 11.9. The van der Waals surface area contributed by atoms with Gasteiger partial charge in [-0.25, -0.2) is 0 Å². The molecule has 0 atom stereocenters. The van der Waals surface area contributed by atoms with E-state index in [0.717, 1.165) is 10.8 Å². The number of benzene rings is 1. The summed E-state index contributed by atoms with van der Waals surface area (Å²) in [6.45, 7) is 2.04. The predicted octanol–water partition coefficient (Wildman–Crippen LogP) is 3.85. The molecule has 0 N–H and O–H groups in total. The van der Waals surface area contributed by atoms with E-state index in [-0.39, 0.29) is 5.78 Å². The largest absolute Gasteiger partial charge is 0.293 e. The van der Waals surface area contributed by atoms with Gasteiger partial charge in [0.25, 0.3) is 0 Å².